The van der Waals surface area contributed by atoms with E-state index in [1.807, 2.05) is 30.0 Å². The largest absolute Gasteiger partial charge is 0.245 e. The van der Waals surface area contributed by atoms with Crippen LogP contribution in [-0.4, -0.2) is 9.97 Å². The predicted octanol–water partition coefficient (Wildman–Crippen LogP) is 10.6. The summed E-state index contributed by atoms with van der Waals surface area (Å²) in [6, 6.07) is 47.5. The Bertz CT molecular complexity index is 2130. The van der Waals surface area contributed by atoms with Gasteiger partial charge in [-0.05, 0) is 46.5 Å². The Morgan fingerprint density at radius 3 is 1.71 bits per heavy atom. The average molecular weight is 557 g/mol. The predicted molar refractivity (Wildman–Crippen MR) is 176 cm³/mol. The molecule has 0 fully saturated rings. The Morgan fingerprint density at radius 2 is 1.02 bits per heavy atom. The Labute approximate surface area is 250 Å². The van der Waals surface area contributed by atoms with Crippen LogP contribution in [0.25, 0.3) is 55.4 Å². The normalized spacial score (nSPS) is 13.6. The summed E-state index contributed by atoms with van der Waals surface area (Å²) in [5, 5.41) is 2.19. The van der Waals surface area contributed by atoms with Crippen LogP contribution in [0.15, 0.2) is 143 Å². The summed E-state index contributed by atoms with van der Waals surface area (Å²) in [7, 11) is 0. The van der Waals surface area contributed by atoms with Gasteiger partial charge in [-0.2, -0.15) is 0 Å². The molecule has 0 spiro atoms. The van der Waals surface area contributed by atoms with E-state index in [0.29, 0.717) is 0 Å². The summed E-state index contributed by atoms with van der Waals surface area (Å²) < 4.78 is 0. The van der Waals surface area contributed by atoms with Crippen molar-refractivity contribution in [2.24, 2.45) is 0 Å². The van der Waals surface area contributed by atoms with Crippen molar-refractivity contribution >= 4 is 33.6 Å². The Balaban J connectivity index is 1.20. The molecule has 0 atom stereocenters. The number of hydrogen-bond donors (Lipinski definition) is 0. The molecule has 1 aliphatic rings. The highest BCUT2D eigenvalue weighted by Gasteiger charge is 2.35. The summed E-state index contributed by atoms with van der Waals surface area (Å²) >= 11 is 1.88. The third-order valence-electron chi connectivity index (χ3n) is 8.51. The quantitative estimate of drug-likeness (QED) is 0.202. The van der Waals surface area contributed by atoms with Crippen molar-refractivity contribution in [1.29, 1.82) is 0 Å². The van der Waals surface area contributed by atoms with Gasteiger partial charge in [-0.25, -0.2) is 9.97 Å². The van der Waals surface area contributed by atoms with Crippen LogP contribution in [0, 0.1) is 0 Å². The van der Waals surface area contributed by atoms with Gasteiger partial charge in [0.05, 0.1) is 22.4 Å². The first-order valence-corrected chi connectivity index (χ1v) is 15.2. The molecule has 0 radical (unpaired) electrons. The van der Waals surface area contributed by atoms with Crippen LogP contribution in [0.1, 0.15) is 25.0 Å². The molecule has 1 aliphatic heterocycles. The summed E-state index contributed by atoms with van der Waals surface area (Å²) in [5.74, 6) is 0. The van der Waals surface area contributed by atoms with Gasteiger partial charge in [0.2, 0.25) is 0 Å². The van der Waals surface area contributed by atoms with Crippen molar-refractivity contribution in [3.05, 3.63) is 145 Å². The zero-order chi connectivity index (χ0) is 28.3. The van der Waals surface area contributed by atoms with E-state index in [0.717, 1.165) is 44.3 Å². The number of pyridine rings is 2. The number of nitrogens with zero attached hydrogens (tertiary/aromatic N) is 2. The molecular formula is C39H28N2S. The van der Waals surface area contributed by atoms with Gasteiger partial charge in [-0.1, -0.05) is 135 Å². The summed E-state index contributed by atoms with van der Waals surface area (Å²) in [5.41, 5.74) is 11.2. The number of aromatic nitrogens is 2. The van der Waals surface area contributed by atoms with Gasteiger partial charge in [0.25, 0.3) is 0 Å². The zero-order valence-electron chi connectivity index (χ0n) is 23.5. The van der Waals surface area contributed by atoms with Gasteiger partial charge in [-0.3, -0.25) is 0 Å². The van der Waals surface area contributed by atoms with Crippen LogP contribution < -0.4 is 0 Å². The van der Waals surface area contributed by atoms with Crippen LogP contribution in [0.3, 0.4) is 0 Å². The van der Waals surface area contributed by atoms with E-state index in [9.17, 15) is 0 Å². The molecule has 200 valence electrons. The first-order valence-electron chi connectivity index (χ1n) is 14.3. The highest BCUT2D eigenvalue weighted by Crippen LogP contribution is 2.52. The second kappa shape index (κ2) is 9.68. The Morgan fingerprint density at radius 1 is 0.476 bits per heavy atom. The van der Waals surface area contributed by atoms with Crippen LogP contribution in [0.5, 0.6) is 0 Å². The monoisotopic (exact) mass is 556 g/mol. The second-order valence-corrected chi connectivity index (χ2v) is 12.5. The lowest BCUT2D eigenvalue weighted by molar-refractivity contribution is 0.609. The molecule has 5 aromatic carbocycles. The molecule has 0 saturated heterocycles. The lowest BCUT2D eigenvalue weighted by atomic mass is 9.74. The Hall–Kier alpha value is -4.73. The van der Waals surface area contributed by atoms with Crippen molar-refractivity contribution in [1.82, 2.24) is 9.97 Å². The molecule has 0 saturated carbocycles. The fraction of sp³-hybridized carbons (Fsp3) is 0.0769. The maximum absolute atomic E-state index is 5.16. The molecule has 2 aromatic heterocycles. The minimum Gasteiger partial charge on any atom is -0.245 e. The highest BCUT2D eigenvalue weighted by molar-refractivity contribution is 7.99. The van der Waals surface area contributed by atoms with E-state index in [1.54, 1.807) is 0 Å². The van der Waals surface area contributed by atoms with Gasteiger partial charge in [0, 0.05) is 37.1 Å². The van der Waals surface area contributed by atoms with Crippen molar-refractivity contribution < 1.29 is 0 Å². The van der Waals surface area contributed by atoms with E-state index in [4.69, 9.17) is 9.97 Å². The van der Waals surface area contributed by atoms with Crippen molar-refractivity contribution in [2.45, 2.75) is 29.1 Å². The standard InChI is InChI=1S/C39H28N2S/c1-39(2)31-12-6-7-13-34(31)42-35-14-8-11-30(36(35)39)25-15-17-27(18-16-25)33-24-22-29-20-19-28-21-23-32(26-9-4-3-5-10-26)40-37(28)38(29)41-33/h3-24H,1-2H3. The Kier molecular flexibility index (Phi) is 5.77. The molecule has 2 nitrogen and oxygen atoms in total. The van der Waals surface area contributed by atoms with Gasteiger partial charge >= 0.3 is 0 Å². The molecule has 0 bridgehead atoms. The first-order chi connectivity index (χ1) is 20.6. The fourth-order valence-electron chi connectivity index (χ4n) is 6.35. The fourth-order valence-corrected chi connectivity index (χ4v) is 7.78. The van der Waals surface area contributed by atoms with Crippen LogP contribution in [0.4, 0.5) is 0 Å². The average Bonchev–Trinajstić information content (AvgIpc) is 3.04. The molecule has 7 aromatic rings. The molecule has 42 heavy (non-hydrogen) atoms. The summed E-state index contributed by atoms with van der Waals surface area (Å²) in [6.45, 7) is 4.70. The summed E-state index contributed by atoms with van der Waals surface area (Å²) in [4.78, 5) is 12.9. The smallest absolute Gasteiger partial charge is 0.0972 e. The lowest BCUT2D eigenvalue weighted by Crippen LogP contribution is -2.24. The number of rotatable bonds is 3. The molecule has 3 heterocycles. The van der Waals surface area contributed by atoms with Crippen LogP contribution in [-0.2, 0) is 5.41 Å². The van der Waals surface area contributed by atoms with Crippen molar-refractivity contribution in [3.8, 4) is 33.6 Å². The van der Waals surface area contributed by atoms with Crippen molar-refractivity contribution in [2.75, 3.05) is 0 Å². The summed E-state index contributed by atoms with van der Waals surface area (Å²) in [6.07, 6.45) is 0. The molecule has 0 amide bonds. The van der Waals surface area contributed by atoms with E-state index in [1.165, 1.54) is 32.0 Å². The molecular weight excluding hydrogens is 529 g/mol. The number of hydrogen-bond acceptors (Lipinski definition) is 3. The minimum absolute atomic E-state index is 0.0843. The molecule has 3 heteroatoms. The maximum atomic E-state index is 5.16. The molecule has 0 aliphatic carbocycles. The minimum atomic E-state index is -0.0843. The lowest BCUT2D eigenvalue weighted by Gasteiger charge is -2.36. The van der Waals surface area contributed by atoms with E-state index in [-0.39, 0.29) is 5.41 Å². The van der Waals surface area contributed by atoms with Gasteiger partial charge < -0.3 is 0 Å². The maximum Gasteiger partial charge on any atom is 0.0972 e. The zero-order valence-corrected chi connectivity index (χ0v) is 24.3. The first kappa shape index (κ1) is 25.0. The van der Waals surface area contributed by atoms with Crippen LogP contribution in [0.2, 0.25) is 0 Å². The third-order valence-corrected chi connectivity index (χ3v) is 9.65. The molecule has 0 unspecified atom stereocenters. The highest BCUT2D eigenvalue weighted by atomic mass is 32.2. The number of benzene rings is 5. The van der Waals surface area contributed by atoms with E-state index < -0.39 is 0 Å². The number of fused-ring (bicyclic) bond motifs is 5. The van der Waals surface area contributed by atoms with E-state index in [2.05, 4.69) is 129 Å². The van der Waals surface area contributed by atoms with Gasteiger partial charge in [0.15, 0.2) is 0 Å². The second-order valence-electron chi connectivity index (χ2n) is 11.4. The third kappa shape index (κ3) is 4.04. The van der Waals surface area contributed by atoms with Crippen LogP contribution >= 0.6 is 11.8 Å². The van der Waals surface area contributed by atoms with E-state index >= 15 is 0 Å². The SMILES string of the molecule is CC1(C)c2ccccc2Sc2cccc(-c3ccc(-c4ccc5ccc6ccc(-c7ccccc7)nc6c5n4)cc3)c21. The topological polar surface area (TPSA) is 25.8 Å². The molecule has 0 N–H and O–H groups in total. The van der Waals surface area contributed by atoms with Gasteiger partial charge in [0.1, 0.15) is 0 Å². The van der Waals surface area contributed by atoms with Gasteiger partial charge in [-0.15, -0.1) is 0 Å². The van der Waals surface area contributed by atoms with Crippen molar-refractivity contribution in [3.63, 3.8) is 0 Å². The molecule has 8 rings (SSSR count).